The number of hydrogen-bond acceptors (Lipinski definition) is 5. The Morgan fingerprint density at radius 1 is 1.17 bits per heavy atom. The summed E-state index contributed by atoms with van der Waals surface area (Å²) in [6.07, 6.45) is 0. The highest BCUT2D eigenvalue weighted by molar-refractivity contribution is 7.99. The third-order valence-corrected chi connectivity index (χ3v) is 4.57. The van der Waals surface area contributed by atoms with Gasteiger partial charge in [0.15, 0.2) is 5.16 Å². The average molecular weight is 369 g/mol. The topological polar surface area (TPSA) is 52.3 Å². The lowest BCUT2D eigenvalue weighted by molar-refractivity contribution is 0.344. The summed E-state index contributed by atoms with van der Waals surface area (Å²) in [5.41, 5.74) is 1.98. The van der Waals surface area contributed by atoms with Crippen molar-refractivity contribution in [2.75, 3.05) is 12.4 Å². The van der Waals surface area contributed by atoms with Crippen LogP contribution in [0.2, 0.25) is 10.0 Å². The molecule has 0 N–H and O–H groups in total. The van der Waals surface area contributed by atoms with Crippen LogP contribution < -0.4 is 4.74 Å². The first-order chi connectivity index (χ1) is 11.0. The number of benzene rings is 1. The molecule has 0 amide bonds. The van der Waals surface area contributed by atoms with Gasteiger partial charge in [-0.2, -0.15) is 0 Å². The van der Waals surface area contributed by atoms with Crippen LogP contribution in [0.3, 0.4) is 0 Å². The minimum atomic E-state index is 0.484. The third-order valence-electron chi connectivity index (χ3n) is 3.13. The average Bonchev–Trinajstić information content (AvgIpc) is 2.90. The molecule has 3 rings (SSSR count). The maximum absolute atomic E-state index is 6.06. The quantitative estimate of drug-likeness (QED) is 0.498. The lowest BCUT2D eigenvalue weighted by Crippen LogP contribution is -2.02. The number of halogens is 2. The fourth-order valence-electron chi connectivity index (χ4n) is 2.17. The Balaban J connectivity index is 1.64. The minimum Gasteiger partial charge on any atom is -0.491 e. The largest absolute Gasteiger partial charge is 0.491 e. The number of rotatable bonds is 5. The summed E-state index contributed by atoms with van der Waals surface area (Å²) in [5, 5.41) is 10.2. The maximum atomic E-state index is 6.06. The second kappa shape index (κ2) is 6.95. The van der Waals surface area contributed by atoms with E-state index in [0.29, 0.717) is 33.9 Å². The van der Waals surface area contributed by atoms with Crippen LogP contribution in [-0.2, 0) is 0 Å². The molecule has 120 valence electrons. The Labute approximate surface area is 148 Å². The summed E-state index contributed by atoms with van der Waals surface area (Å²) >= 11 is 13.6. The first-order valence-corrected chi connectivity index (χ1v) is 8.69. The van der Waals surface area contributed by atoms with Gasteiger partial charge in [-0.25, -0.2) is 4.98 Å². The normalized spacial score (nSPS) is 11.1. The Kier molecular flexibility index (Phi) is 4.94. The number of nitrogens with zero attached hydrogens (tertiary/aromatic N) is 4. The van der Waals surface area contributed by atoms with Gasteiger partial charge >= 0.3 is 0 Å². The van der Waals surface area contributed by atoms with Crippen molar-refractivity contribution in [2.45, 2.75) is 19.0 Å². The fourth-order valence-corrected chi connectivity index (χ4v) is 3.30. The molecule has 1 aromatic carbocycles. The van der Waals surface area contributed by atoms with E-state index in [0.717, 1.165) is 16.5 Å². The summed E-state index contributed by atoms with van der Waals surface area (Å²) < 4.78 is 7.60. The Bertz CT molecular complexity index is 853. The molecule has 0 fully saturated rings. The standard InChI is InChI=1S/C15H14Cl2N4OS/c1-9-7-10(2)21-14(18-9)19-20-15(21)23-6-5-22-13-8-11(16)3-4-12(13)17/h3-4,7-8H,5-6H2,1-2H3. The molecule has 0 aliphatic heterocycles. The SMILES string of the molecule is Cc1cc(C)n2c(SCCOc3cc(Cl)ccc3Cl)nnc2n1. The van der Waals surface area contributed by atoms with E-state index < -0.39 is 0 Å². The zero-order chi connectivity index (χ0) is 16.4. The maximum Gasteiger partial charge on any atom is 0.256 e. The van der Waals surface area contributed by atoms with Gasteiger partial charge in [0.05, 0.1) is 11.6 Å². The number of fused-ring (bicyclic) bond motifs is 1. The molecular weight excluding hydrogens is 355 g/mol. The molecule has 0 aliphatic rings. The lowest BCUT2D eigenvalue weighted by atomic mass is 10.3. The van der Waals surface area contributed by atoms with E-state index in [9.17, 15) is 0 Å². The van der Waals surface area contributed by atoms with Crippen molar-refractivity contribution in [1.82, 2.24) is 19.6 Å². The zero-order valence-electron chi connectivity index (χ0n) is 12.6. The Morgan fingerprint density at radius 2 is 2.00 bits per heavy atom. The van der Waals surface area contributed by atoms with Gasteiger partial charge in [0.1, 0.15) is 5.75 Å². The van der Waals surface area contributed by atoms with Crippen molar-refractivity contribution in [2.24, 2.45) is 0 Å². The monoisotopic (exact) mass is 368 g/mol. The van der Waals surface area contributed by atoms with Gasteiger partial charge in [-0.3, -0.25) is 4.40 Å². The molecule has 0 atom stereocenters. The predicted octanol–water partition coefficient (Wildman–Crippen LogP) is 4.22. The van der Waals surface area contributed by atoms with E-state index in [1.165, 1.54) is 0 Å². The zero-order valence-corrected chi connectivity index (χ0v) is 14.9. The highest BCUT2D eigenvalue weighted by Crippen LogP contribution is 2.28. The van der Waals surface area contributed by atoms with Crippen molar-refractivity contribution in [3.8, 4) is 5.75 Å². The minimum absolute atomic E-state index is 0.484. The Morgan fingerprint density at radius 3 is 2.83 bits per heavy atom. The highest BCUT2D eigenvalue weighted by atomic mass is 35.5. The molecule has 0 aliphatic carbocycles. The first-order valence-electron chi connectivity index (χ1n) is 6.94. The Hall–Kier alpha value is -1.50. The van der Waals surface area contributed by atoms with Crippen LogP contribution in [-0.4, -0.2) is 31.9 Å². The van der Waals surface area contributed by atoms with Gasteiger partial charge in [-0.1, -0.05) is 35.0 Å². The fraction of sp³-hybridized carbons (Fsp3) is 0.267. The molecule has 2 aromatic heterocycles. The molecule has 0 bridgehead atoms. The molecule has 0 radical (unpaired) electrons. The number of thioether (sulfide) groups is 1. The summed E-state index contributed by atoms with van der Waals surface area (Å²) in [7, 11) is 0. The third kappa shape index (κ3) is 3.71. The lowest BCUT2D eigenvalue weighted by Gasteiger charge is -2.08. The number of aromatic nitrogens is 4. The molecule has 23 heavy (non-hydrogen) atoms. The van der Waals surface area contributed by atoms with E-state index in [1.807, 2.05) is 24.3 Å². The molecule has 0 saturated heterocycles. The molecule has 0 spiro atoms. The van der Waals surface area contributed by atoms with Crippen molar-refractivity contribution in [3.05, 3.63) is 45.7 Å². The van der Waals surface area contributed by atoms with Crippen LogP contribution in [0, 0.1) is 13.8 Å². The molecule has 8 heteroatoms. The van der Waals surface area contributed by atoms with Crippen molar-refractivity contribution in [1.29, 1.82) is 0 Å². The second-order valence-corrected chi connectivity index (χ2v) is 6.83. The number of aryl methyl sites for hydroxylation is 2. The highest BCUT2D eigenvalue weighted by Gasteiger charge is 2.10. The van der Waals surface area contributed by atoms with Crippen molar-refractivity contribution < 1.29 is 4.74 Å². The van der Waals surface area contributed by atoms with Crippen LogP contribution in [0.15, 0.2) is 29.4 Å². The molecular formula is C15H14Cl2N4OS. The van der Waals surface area contributed by atoms with Gasteiger partial charge in [-0.15, -0.1) is 10.2 Å². The van der Waals surface area contributed by atoms with Gasteiger partial charge < -0.3 is 4.74 Å². The molecule has 0 saturated carbocycles. The van der Waals surface area contributed by atoms with Gasteiger partial charge in [-0.05, 0) is 32.0 Å². The molecule has 2 heterocycles. The number of ether oxygens (including phenoxy) is 1. The van der Waals surface area contributed by atoms with E-state index >= 15 is 0 Å². The first kappa shape index (κ1) is 16.4. The number of hydrogen-bond donors (Lipinski definition) is 0. The van der Waals surface area contributed by atoms with E-state index in [2.05, 4.69) is 15.2 Å². The summed E-state index contributed by atoms with van der Waals surface area (Å²) in [6, 6.07) is 7.15. The van der Waals surface area contributed by atoms with E-state index in [-0.39, 0.29) is 0 Å². The van der Waals surface area contributed by atoms with Crippen LogP contribution >= 0.6 is 35.0 Å². The van der Waals surface area contributed by atoms with Crippen LogP contribution in [0.1, 0.15) is 11.4 Å². The van der Waals surface area contributed by atoms with Crippen LogP contribution in [0.25, 0.3) is 5.78 Å². The summed E-state index contributed by atoms with van der Waals surface area (Å²) in [5.74, 6) is 1.90. The molecule has 0 unspecified atom stereocenters. The van der Waals surface area contributed by atoms with E-state index in [1.54, 1.807) is 30.0 Å². The van der Waals surface area contributed by atoms with Crippen LogP contribution in [0.4, 0.5) is 0 Å². The predicted molar refractivity (Wildman–Crippen MR) is 92.9 cm³/mol. The van der Waals surface area contributed by atoms with Gasteiger partial charge in [0.2, 0.25) is 0 Å². The van der Waals surface area contributed by atoms with Crippen molar-refractivity contribution in [3.63, 3.8) is 0 Å². The van der Waals surface area contributed by atoms with Crippen molar-refractivity contribution >= 4 is 40.7 Å². The molecule has 5 nitrogen and oxygen atoms in total. The molecule has 3 aromatic rings. The second-order valence-electron chi connectivity index (χ2n) is 4.93. The van der Waals surface area contributed by atoms with Gasteiger partial charge in [0, 0.05) is 28.2 Å². The van der Waals surface area contributed by atoms with Crippen LogP contribution in [0.5, 0.6) is 5.75 Å². The summed E-state index contributed by atoms with van der Waals surface area (Å²) in [6.45, 7) is 4.44. The van der Waals surface area contributed by atoms with E-state index in [4.69, 9.17) is 27.9 Å². The smallest absolute Gasteiger partial charge is 0.256 e. The van der Waals surface area contributed by atoms with Gasteiger partial charge in [0.25, 0.3) is 5.78 Å². The summed E-state index contributed by atoms with van der Waals surface area (Å²) in [4.78, 5) is 4.37.